The van der Waals surface area contributed by atoms with Crippen LogP contribution < -0.4 is 0 Å². The molecule has 0 bridgehead atoms. The Kier molecular flexibility index (Phi) is 4.36. The van der Waals surface area contributed by atoms with Crippen LogP contribution in [0.4, 0.5) is 5.69 Å². The van der Waals surface area contributed by atoms with Crippen molar-refractivity contribution in [1.82, 2.24) is 9.21 Å². The lowest BCUT2D eigenvalue weighted by atomic mass is 10.2. The molecule has 1 aromatic carbocycles. The SMILES string of the molecule is CCC1CN(C(=O)CN2C=Nc3ccccc3S2(=O)=O)CCO1. The molecule has 0 aliphatic carbocycles. The van der Waals surface area contributed by atoms with Gasteiger partial charge in [-0.1, -0.05) is 19.1 Å². The largest absolute Gasteiger partial charge is 0.375 e. The van der Waals surface area contributed by atoms with Crippen molar-refractivity contribution in [3.8, 4) is 0 Å². The molecule has 2 aliphatic rings. The predicted molar refractivity (Wildman–Crippen MR) is 85.1 cm³/mol. The van der Waals surface area contributed by atoms with Gasteiger partial charge in [-0.3, -0.25) is 4.79 Å². The highest BCUT2D eigenvalue weighted by molar-refractivity contribution is 7.89. The van der Waals surface area contributed by atoms with Crippen molar-refractivity contribution in [2.75, 3.05) is 26.2 Å². The Hall–Kier alpha value is -1.93. The fourth-order valence-electron chi connectivity index (χ4n) is 2.65. The third-order valence-electron chi connectivity index (χ3n) is 4.02. The number of nitrogens with zero attached hydrogens (tertiary/aromatic N) is 3. The number of ether oxygens (including phenoxy) is 1. The number of amides is 1. The van der Waals surface area contributed by atoms with E-state index < -0.39 is 10.0 Å². The monoisotopic (exact) mass is 337 g/mol. The van der Waals surface area contributed by atoms with Gasteiger partial charge in [0, 0.05) is 13.1 Å². The maximum absolute atomic E-state index is 12.6. The lowest BCUT2D eigenvalue weighted by Crippen LogP contribution is -2.49. The molecular formula is C15H19N3O4S. The first-order chi connectivity index (χ1) is 11.0. The summed E-state index contributed by atoms with van der Waals surface area (Å²) < 4.78 is 31.7. The molecule has 0 N–H and O–H groups in total. The van der Waals surface area contributed by atoms with Gasteiger partial charge in [0.1, 0.15) is 17.8 Å². The van der Waals surface area contributed by atoms with Crippen molar-refractivity contribution in [3.63, 3.8) is 0 Å². The van der Waals surface area contributed by atoms with Crippen molar-refractivity contribution in [2.45, 2.75) is 24.3 Å². The summed E-state index contributed by atoms with van der Waals surface area (Å²) in [5.74, 6) is -0.235. The van der Waals surface area contributed by atoms with Crippen LogP contribution >= 0.6 is 0 Å². The van der Waals surface area contributed by atoms with Gasteiger partial charge in [0.05, 0.1) is 18.4 Å². The molecule has 1 amide bonds. The minimum Gasteiger partial charge on any atom is -0.375 e. The number of carbonyl (C=O) groups excluding carboxylic acids is 1. The third-order valence-corrected chi connectivity index (χ3v) is 5.76. The molecule has 23 heavy (non-hydrogen) atoms. The number of morpholine rings is 1. The molecular weight excluding hydrogens is 318 g/mol. The second-order valence-electron chi connectivity index (χ2n) is 5.50. The molecule has 3 rings (SSSR count). The zero-order valence-corrected chi connectivity index (χ0v) is 13.7. The molecule has 2 heterocycles. The van der Waals surface area contributed by atoms with Gasteiger partial charge in [0.25, 0.3) is 10.0 Å². The molecule has 0 spiro atoms. The van der Waals surface area contributed by atoms with Crippen molar-refractivity contribution < 1.29 is 17.9 Å². The van der Waals surface area contributed by atoms with Crippen molar-refractivity contribution in [1.29, 1.82) is 0 Å². The van der Waals surface area contributed by atoms with Crippen LogP contribution in [0, 0.1) is 0 Å². The minimum absolute atomic E-state index is 0.0139. The normalized spacial score (nSPS) is 22.7. The van der Waals surface area contributed by atoms with E-state index in [1.807, 2.05) is 6.92 Å². The lowest BCUT2D eigenvalue weighted by Gasteiger charge is -2.34. The van der Waals surface area contributed by atoms with Gasteiger partial charge >= 0.3 is 0 Å². The summed E-state index contributed by atoms with van der Waals surface area (Å²) in [4.78, 5) is 18.3. The Morgan fingerprint density at radius 1 is 1.39 bits per heavy atom. The van der Waals surface area contributed by atoms with Crippen LogP contribution in [-0.4, -0.2) is 62.2 Å². The van der Waals surface area contributed by atoms with Crippen LogP contribution in [0.1, 0.15) is 13.3 Å². The summed E-state index contributed by atoms with van der Waals surface area (Å²) in [6, 6.07) is 6.51. The molecule has 2 aliphatic heterocycles. The van der Waals surface area contributed by atoms with E-state index in [1.54, 1.807) is 23.1 Å². The molecule has 0 radical (unpaired) electrons. The second kappa shape index (κ2) is 6.29. The summed E-state index contributed by atoms with van der Waals surface area (Å²) in [6.07, 6.45) is 2.05. The van der Waals surface area contributed by atoms with Gasteiger partial charge < -0.3 is 9.64 Å². The van der Waals surface area contributed by atoms with Crippen LogP contribution in [0.5, 0.6) is 0 Å². The van der Waals surface area contributed by atoms with E-state index in [0.29, 0.717) is 25.4 Å². The average molecular weight is 337 g/mol. The average Bonchev–Trinajstić information content (AvgIpc) is 2.57. The summed E-state index contributed by atoms with van der Waals surface area (Å²) in [7, 11) is -3.73. The predicted octanol–water partition coefficient (Wildman–Crippen LogP) is 0.988. The van der Waals surface area contributed by atoms with Gasteiger partial charge in [0.15, 0.2) is 0 Å². The topological polar surface area (TPSA) is 79.3 Å². The highest BCUT2D eigenvalue weighted by Crippen LogP contribution is 2.29. The van der Waals surface area contributed by atoms with Crippen LogP contribution in [0.2, 0.25) is 0 Å². The van der Waals surface area contributed by atoms with Gasteiger partial charge in [-0.2, -0.15) is 0 Å². The highest BCUT2D eigenvalue weighted by Gasteiger charge is 2.32. The highest BCUT2D eigenvalue weighted by atomic mass is 32.2. The van der Waals surface area contributed by atoms with Gasteiger partial charge in [-0.05, 0) is 18.6 Å². The summed E-state index contributed by atoms with van der Waals surface area (Å²) in [5, 5.41) is 0. The van der Waals surface area contributed by atoms with Crippen LogP contribution in [0.3, 0.4) is 0 Å². The smallest absolute Gasteiger partial charge is 0.267 e. The molecule has 1 saturated heterocycles. The van der Waals surface area contributed by atoms with Crippen LogP contribution in [0.25, 0.3) is 0 Å². The maximum Gasteiger partial charge on any atom is 0.267 e. The van der Waals surface area contributed by atoms with Crippen LogP contribution in [-0.2, 0) is 19.6 Å². The molecule has 0 aromatic heterocycles. The second-order valence-corrected chi connectivity index (χ2v) is 7.36. The van der Waals surface area contributed by atoms with E-state index in [-0.39, 0.29) is 23.5 Å². The molecule has 8 heteroatoms. The van der Waals surface area contributed by atoms with Crippen molar-refractivity contribution in [2.24, 2.45) is 4.99 Å². The molecule has 1 fully saturated rings. The lowest BCUT2D eigenvalue weighted by molar-refractivity contribution is -0.138. The van der Waals surface area contributed by atoms with E-state index in [1.165, 1.54) is 12.4 Å². The van der Waals surface area contributed by atoms with Crippen LogP contribution in [0.15, 0.2) is 34.2 Å². The first-order valence-corrected chi connectivity index (χ1v) is 9.01. The van der Waals surface area contributed by atoms with Crippen molar-refractivity contribution >= 4 is 28.0 Å². The van der Waals surface area contributed by atoms with E-state index in [0.717, 1.165) is 10.7 Å². The number of hydrogen-bond acceptors (Lipinski definition) is 5. The Morgan fingerprint density at radius 3 is 2.96 bits per heavy atom. The van der Waals surface area contributed by atoms with Gasteiger partial charge in [0.2, 0.25) is 5.91 Å². The number of sulfonamides is 1. The van der Waals surface area contributed by atoms with E-state index in [9.17, 15) is 13.2 Å². The van der Waals surface area contributed by atoms with Gasteiger partial charge in [-0.15, -0.1) is 0 Å². The molecule has 0 saturated carbocycles. The fourth-order valence-corrected chi connectivity index (χ4v) is 3.99. The molecule has 1 unspecified atom stereocenters. The first-order valence-electron chi connectivity index (χ1n) is 7.57. The number of benzene rings is 1. The number of carbonyl (C=O) groups is 1. The zero-order valence-electron chi connectivity index (χ0n) is 12.9. The molecule has 1 aromatic rings. The Balaban J connectivity index is 1.75. The van der Waals surface area contributed by atoms with Gasteiger partial charge in [-0.25, -0.2) is 17.7 Å². The molecule has 7 nitrogen and oxygen atoms in total. The number of para-hydroxylation sites is 1. The zero-order chi connectivity index (χ0) is 16.4. The van der Waals surface area contributed by atoms with Crippen molar-refractivity contribution in [3.05, 3.63) is 24.3 Å². The van der Waals surface area contributed by atoms with E-state index in [4.69, 9.17) is 4.74 Å². The first kappa shape index (κ1) is 15.9. The fraction of sp³-hybridized carbons (Fsp3) is 0.467. The number of fused-ring (bicyclic) bond motifs is 1. The number of hydrogen-bond donors (Lipinski definition) is 0. The summed E-state index contributed by atoms with van der Waals surface area (Å²) in [6.45, 7) is 3.22. The number of aliphatic imine (C=N–C) groups is 1. The Morgan fingerprint density at radius 2 is 2.17 bits per heavy atom. The molecule has 124 valence electrons. The van der Waals surface area contributed by atoms with E-state index >= 15 is 0 Å². The number of rotatable bonds is 3. The van der Waals surface area contributed by atoms with E-state index in [2.05, 4.69) is 4.99 Å². The summed E-state index contributed by atoms with van der Waals surface area (Å²) in [5.41, 5.74) is 0.397. The molecule has 1 atom stereocenters. The third kappa shape index (κ3) is 3.09. The minimum atomic E-state index is -3.73. The Bertz CT molecular complexity index is 732. The quantitative estimate of drug-likeness (QED) is 0.824. The summed E-state index contributed by atoms with van der Waals surface area (Å²) >= 11 is 0. The maximum atomic E-state index is 12.6. The Labute approximate surface area is 135 Å². The standard InChI is InChI=1S/C15H19N3O4S/c1-2-12-9-17(7-8-22-12)15(19)10-18-11-16-13-5-3-4-6-14(13)23(18,20)21/h3-6,11-12H,2,7-10H2,1H3.